The van der Waals surface area contributed by atoms with Gasteiger partial charge >= 0.3 is 0 Å². The highest BCUT2D eigenvalue weighted by molar-refractivity contribution is 7.91. The van der Waals surface area contributed by atoms with Crippen LogP contribution in [-0.2, 0) is 9.84 Å². The van der Waals surface area contributed by atoms with E-state index in [1.165, 1.54) is 0 Å². The van der Waals surface area contributed by atoms with Gasteiger partial charge in [0.25, 0.3) is 0 Å². The minimum Gasteiger partial charge on any atom is -0.228 e. The Labute approximate surface area is 136 Å². The third kappa shape index (κ3) is 5.77. The van der Waals surface area contributed by atoms with Crippen LogP contribution < -0.4 is 0 Å². The quantitative estimate of drug-likeness (QED) is 0.799. The Kier molecular flexibility index (Phi) is 5.83. The number of halogens is 1. The molecule has 2 nitrogen and oxygen atoms in total. The van der Waals surface area contributed by atoms with Crippen molar-refractivity contribution in [2.45, 2.75) is 0 Å². The van der Waals surface area contributed by atoms with Crippen molar-refractivity contribution in [2.24, 2.45) is 0 Å². The Bertz CT molecular complexity index is 796. The number of hydrogen-bond acceptors (Lipinski definition) is 2. The van der Waals surface area contributed by atoms with Gasteiger partial charge in [-0.25, -0.2) is 8.42 Å². The molecule has 2 aromatic rings. The van der Waals surface area contributed by atoms with E-state index < -0.39 is 9.84 Å². The molecule has 2 rings (SSSR count). The average Bonchev–Trinajstić information content (AvgIpc) is 2.50. The molecule has 22 heavy (non-hydrogen) atoms. The highest BCUT2D eigenvalue weighted by atomic mass is 35.5. The maximum absolute atomic E-state index is 11.9. The van der Waals surface area contributed by atoms with E-state index in [1.807, 2.05) is 30.3 Å². The predicted molar refractivity (Wildman–Crippen MR) is 92.5 cm³/mol. The summed E-state index contributed by atoms with van der Waals surface area (Å²) < 4.78 is 23.8. The van der Waals surface area contributed by atoms with Gasteiger partial charge in [0.2, 0.25) is 0 Å². The predicted octanol–water partition coefficient (Wildman–Crippen LogP) is 3.82. The minimum atomic E-state index is -3.22. The highest BCUT2D eigenvalue weighted by Gasteiger charge is 2.05. The molecular weight excluding hydrogens is 316 g/mol. The fourth-order valence-electron chi connectivity index (χ4n) is 1.74. The Balaban J connectivity index is 1.92. The van der Waals surface area contributed by atoms with Crippen molar-refractivity contribution in [3.63, 3.8) is 0 Å². The first-order valence-corrected chi connectivity index (χ1v) is 8.91. The Morgan fingerprint density at radius 1 is 1.00 bits per heavy atom. The van der Waals surface area contributed by atoms with Crippen LogP contribution in [0.15, 0.2) is 60.7 Å². The summed E-state index contributed by atoms with van der Waals surface area (Å²) in [5, 5.41) is 0.629. The summed E-state index contributed by atoms with van der Waals surface area (Å²) in [6, 6.07) is 16.5. The topological polar surface area (TPSA) is 34.1 Å². The molecule has 0 radical (unpaired) electrons. The van der Waals surface area contributed by atoms with Crippen molar-refractivity contribution >= 4 is 27.5 Å². The molecule has 0 N–H and O–H groups in total. The molecule has 0 saturated heterocycles. The van der Waals surface area contributed by atoms with Gasteiger partial charge in [-0.15, -0.1) is 0 Å². The van der Waals surface area contributed by atoms with Gasteiger partial charge in [-0.3, -0.25) is 0 Å². The third-order valence-corrected chi connectivity index (χ3v) is 4.37. The standard InChI is InChI=1S/C18H15ClO2S/c19-18-12-10-17(11-13-18)9-5-15-22(20,21)14-4-8-16-6-2-1-3-7-16/h1-4,6-8,10-13H,14-15H2/b8-4+. The zero-order valence-electron chi connectivity index (χ0n) is 11.9. The van der Waals surface area contributed by atoms with Gasteiger partial charge < -0.3 is 0 Å². The SMILES string of the molecule is O=S(=O)(CC#Cc1ccc(Cl)cc1)C/C=C/c1ccccc1. The largest absolute Gasteiger partial charge is 0.228 e. The molecule has 0 fully saturated rings. The summed E-state index contributed by atoms with van der Waals surface area (Å²) in [6.45, 7) is 0. The van der Waals surface area contributed by atoms with E-state index in [9.17, 15) is 8.42 Å². The first kappa shape index (κ1) is 16.4. The molecule has 0 spiro atoms. The van der Waals surface area contributed by atoms with Gasteiger partial charge in [-0.1, -0.05) is 65.9 Å². The van der Waals surface area contributed by atoms with Gasteiger partial charge in [-0.2, -0.15) is 0 Å². The fourth-order valence-corrected chi connectivity index (χ4v) is 2.66. The van der Waals surface area contributed by atoms with Crippen molar-refractivity contribution in [1.82, 2.24) is 0 Å². The molecule has 0 amide bonds. The first-order valence-electron chi connectivity index (χ1n) is 6.72. The summed E-state index contributed by atoms with van der Waals surface area (Å²) in [4.78, 5) is 0. The molecule has 0 aliphatic rings. The molecule has 0 bridgehead atoms. The summed E-state index contributed by atoms with van der Waals surface area (Å²) in [7, 11) is -3.22. The zero-order valence-corrected chi connectivity index (χ0v) is 13.4. The van der Waals surface area contributed by atoms with Gasteiger partial charge in [0.15, 0.2) is 9.84 Å². The smallest absolute Gasteiger partial charge is 0.165 e. The molecule has 0 heterocycles. The summed E-state index contributed by atoms with van der Waals surface area (Å²) in [6.07, 6.45) is 3.44. The summed E-state index contributed by atoms with van der Waals surface area (Å²) in [5.74, 6) is 5.34. The van der Waals surface area contributed by atoms with Crippen LogP contribution in [0.25, 0.3) is 6.08 Å². The van der Waals surface area contributed by atoms with Crippen LogP contribution >= 0.6 is 11.6 Å². The maximum atomic E-state index is 11.9. The number of hydrogen-bond donors (Lipinski definition) is 0. The second-order valence-corrected chi connectivity index (χ2v) is 7.22. The second-order valence-electron chi connectivity index (χ2n) is 4.68. The van der Waals surface area contributed by atoms with Crippen molar-refractivity contribution < 1.29 is 8.42 Å². The van der Waals surface area contributed by atoms with E-state index in [0.717, 1.165) is 11.1 Å². The lowest BCUT2D eigenvalue weighted by atomic mass is 10.2. The average molecular weight is 331 g/mol. The minimum absolute atomic E-state index is 0.0167. The lowest BCUT2D eigenvalue weighted by Crippen LogP contribution is -2.07. The summed E-state index contributed by atoms with van der Waals surface area (Å²) in [5.41, 5.74) is 1.73. The van der Waals surface area contributed by atoms with Crippen LogP contribution in [0.3, 0.4) is 0 Å². The molecule has 112 valence electrons. The monoisotopic (exact) mass is 330 g/mol. The molecule has 0 aromatic heterocycles. The number of sulfone groups is 1. The van der Waals surface area contributed by atoms with E-state index in [4.69, 9.17) is 11.6 Å². The molecular formula is C18H15ClO2S. The van der Waals surface area contributed by atoms with Gasteiger partial charge in [-0.05, 0) is 29.8 Å². The Morgan fingerprint density at radius 2 is 1.68 bits per heavy atom. The normalized spacial score (nSPS) is 11.1. The van der Waals surface area contributed by atoms with E-state index in [2.05, 4.69) is 11.8 Å². The van der Waals surface area contributed by atoms with Crippen LogP contribution in [0.2, 0.25) is 5.02 Å². The van der Waals surface area contributed by atoms with Crippen LogP contribution in [0.4, 0.5) is 0 Å². The zero-order chi connectivity index (χ0) is 15.8. The van der Waals surface area contributed by atoms with E-state index in [1.54, 1.807) is 36.4 Å². The third-order valence-electron chi connectivity index (χ3n) is 2.83. The Morgan fingerprint density at radius 3 is 2.36 bits per heavy atom. The van der Waals surface area contributed by atoms with Crippen molar-refractivity contribution in [3.05, 3.63) is 76.8 Å². The molecule has 0 atom stereocenters. The highest BCUT2D eigenvalue weighted by Crippen LogP contribution is 2.08. The van der Waals surface area contributed by atoms with E-state index in [0.29, 0.717) is 5.02 Å². The van der Waals surface area contributed by atoms with Crippen molar-refractivity contribution in [3.8, 4) is 11.8 Å². The molecule has 4 heteroatoms. The Hall–Kier alpha value is -2.02. The second kappa shape index (κ2) is 7.84. The number of benzene rings is 2. The van der Waals surface area contributed by atoms with Gasteiger partial charge in [0.1, 0.15) is 5.75 Å². The van der Waals surface area contributed by atoms with Crippen molar-refractivity contribution in [1.29, 1.82) is 0 Å². The van der Waals surface area contributed by atoms with Gasteiger partial charge in [0, 0.05) is 10.6 Å². The van der Waals surface area contributed by atoms with Crippen LogP contribution in [0, 0.1) is 11.8 Å². The number of rotatable bonds is 4. The fraction of sp³-hybridized carbons (Fsp3) is 0.111. The van der Waals surface area contributed by atoms with Crippen LogP contribution in [0.1, 0.15) is 11.1 Å². The molecule has 0 aliphatic heterocycles. The first-order chi connectivity index (χ1) is 10.6. The molecule has 0 saturated carbocycles. The lowest BCUT2D eigenvalue weighted by Gasteiger charge is -1.95. The maximum Gasteiger partial charge on any atom is 0.165 e. The summed E-state index contributed by atoms with van der Waals surface area (Å²) >= 11 is 5.77. The van der Waals surface area contributed by atoms with Crippen molar-refractivity contribution in [2.75, 3.05) is 11.5 Å². The van der Waals surface area contributed by atoms with E-state index in [-0.39, 0.29) is 11.5 Å². The van der Waals surface area contributed by atoms with Crippen LogP contribution in [-0.4, -0.2) is 19.9 Å². The molecule has 0 unspecified atom stereocenters. The van der Waals surface area contributed by atoms with Crippen LogP contribution in [0.5, 0.6) is 0 Å². The lowest BCUT2D eigenvalue weighted by molar-refractivity contribution is 0.602. The van der Waals surface area contributed by atoms with Gasteiger partial charge in [0.05, 0.1) is 5.75 Å². The van der Waals surface area contributed by atoms with E-state index >= 15 is 0 Å². The molecule has 0 aliphatic carbocycles. The molecule has 2 aromatic carbocycles.